The first-order valence-corrected chi connectivity index (χ1v) is 13.0. The molecule has 1 aromatic heterocycles. The number of aromatic nitrogens is 1. The Labute approximate surface area is 230 Å². The normalized spacial score (nSPS) is 18.0. The molecule has 3 heterocycles. The molecule has 2 fully saturated rings. The number of unbranched alkanes of at least 4 members (excludes halogenated alkanes) is 1. The number of hydrogen-bond acceptors (Lipinski definition) is 6. The van der Waals surface area contributed by atoms with Crippen molar-refractivity contribution in [3.63, 3.8) is 0 Å². The van der Waals surface area contributed by atoms with E-state index >= 15 is 0 Å². The molecular formula is C27H29F3N6O2S. The molecule has 8 nitrogen and oxygen atoms in total. The molecule has 4 rings (SSSR count). The summed E-state index contributed by atoms with van der Waals surface area (Å²) in [7, 11) is 0. The van der Waals surface area contributed by atoms with Crippen molar-refractivity contribution in [2.75, 3.05) is 44.2 Å². The molecule has 39 heavy (non-hydrogen) atoms. The summed E-state index contributed by atoms with van der Waals surface area (Å²) in [5, 5.41) is 9.22. The van der Waals surface area contributed by atoms with E-state index in [2.05, 4.69) is 9.88 Å². The van der Waals surface area contributed by atoms with Gasteiger partial charge in [0.1, 0.15) is 5.54 Å². The van der Waals surface area contributed by atoms with E-state index in [1.807, 2.05) is 4.90 Å². The zero-order chi connectivity index (χ0) is 28.4. The van der Waals surface area contributed by atoms with Gasteiger partial charge in [-0.05, 0) is 75.8 Å². The number of nitriles is 1. The predicted molar refractivity (Wildman–Crippen MR) is 143 cm³/mol. The lowest BCUT2D eigenvalue weighted by atomic mass is 10.0. The minimum absolute atomic E-state index is 0.000617. The van der Waals surface area contributed by atoms with Gasteiger partial charge in [0.2, 0.25) is 0 Å². The molecule has 2 aliphatic heterocycles. The number of amides is 2. The van der Waals surface area contributed by atoms with E-state index in [-0.39, 0.29) is 16.7 Å². The summed E-state index contributed by atoms with van der Waals surface area (Å²) in [6, 6.07) is 8.16. The quantitative estimate of drug-likeness (QED) is 0.376. The summed E-state index contributed by atoms with van der Waals surface area (Å²) >= 11 is 5.55. The van der Waals surface area contributed by atoms with Crippen molar-refractivity contribution >= 4 is 34.8 Å². The summed E-state index contributed by atoms with van der Waals surface area (Å²) in [4.78, 5) is 36.8. The van der Waals surface area contributed by atoms with Gasteiger partial charge in [-0.15, -0.1) is 0 Å². The van der Waals surface area contributed by atoms with Crippen LogP contribution in [0.3, 0.4) is 0 Å². The van der Waals surface area contributed by atoms with E-state index in [1.54, 1.807) is 49.3 Å². The third-order valence-electron chi connectivity index (χ3n) is 7.20. The van der Waals surface area contributed by atoms with Crippen LogP contribution < -0.4 is 4.90 Å². The number of carbonyl (C=O) groups is 2. The average molecular weight is 559 g/mol. The van der Waals surface area contributed by atoms with Crippen molar-refractivity contribution in [1.82, 2.24) is 19.7 Å². The van der Waals surface area contributed by atoms with Crippen molar-refractivity contribution in [3.8, 4) is 6.07 Å². The van der Waals surface area contributed by atoms with Crippen molar-refractivity contribution in [1.29, 1.82) is 5.26 Å². The van der Waals surface area contributed by atoms with E-state index in [0.717, 1.165) is 49.5 Å². The van der Waals surface area contributed by atoms with E-state index in [0.29, 0.717) is 25.2 Å². The summed E-state index contributed by atoms with van der Waals surface area (Å²) in [5.41, 5.74) is -2.02. The number of anilines is 1. The van der Waals surface area contributed by atoms with Gasteiger partial charge in [-0.1, -0.05) is 0 Å². The van der Waals surface area contributed by atoms with Gasteiger partial charge in [0.05, 0.1) is 22.9 Å². The van der Waals surface area contributed by atoms with Gasteiger partial charge in [0.25, 0.3) is 11.8 Å². The number of thiocarbonyl (C=S) groups is 1. The van der Waals surface area contributed by atoms with E-state index < -0.39 is 28.7 Å². The highest BCUT2D eigenvalue weighted by atomic mass is 32.1. The van der Waals surface area contributed by atoms with Gasteiger partial charge in [0.15, 0.2) is 5.11 Å². The summed E-state index contributed by atoms with van der Waals surface area (Å²) < 4.78 is 40.5. The van der Waals surface area contributed by atoms with Gasteiger partial charge < -0.3 is 9.80 Å². The standard InChI is InChI=1S/C27H29F3N6O2S/c1-26(2)24(38)36(21-6-5-20(18-31)22(17-21)27(28,29)30)25(39)35(26)12-4-3-11-33-13-15-34(16-14-33)23(37)19-7-9-32-10-8-19/h5-10,17H,3-4,11-16H2,1-2H3. The third-order valence-corrected chi connectivity index (χ3v) is 7.61. The van der Waals surface area contributed by atoms with Crippen molar-refractivity contribution < 1.29 is 22.8 Å². The molecule has 0 atom stereocenters. The highest BCUT2D eigenvalue weighted by Gasteiger charge is 2.49. The van der Waals surface area contributed by atoms with Crippen LogP contribution in [0, 0.1) is 11.3 Å². The first kappa shape index (κ1) is 28.4. The average Bonchev–Trinajstić information content (AvgIpc) is 3.09. The number of benzene rings is 1. The van der Waals surface area contributed by atoms with Crippen molar-refractivity contribution in [3.05, 3.63) is 59.4 Å². The molecule has 0 N–H and O–H groups in total. The first-order chi connectivity index (χ1) is 18.4. The van der Waals surface area contributed by atoms with Crippen LogP contribution in [0.25, 0.3) is 0 Å². The molecule has 0 bridgehead atoms. The molecule has 2 amide bonds. The predicted octanol–water partition coefficient (Wildman–Crippen LogP) is 3.92. The second-order valence-corrected chi connectivity index (χ2v) is 10.4. The molecule has 2 saturated heterocycles. The molecular weight excluding hydrogens is 529 g/mol. The van der Waals surface area contributed by atoms with E-state index in [4.69, 9.17) is 17.5 Å². The van der Waals surface area contributed by atoms with Crippen LogP contribution >= 0.6 is 12.2 Å². The second-order valence-electron chi connectivity index (χ2n) is 10.1. The molecule has 0 unspecified atom stereocenters. The lowest BCUT2D eigenvalue weighted by molar-refractivity contribution is -0.137. The molecule has 206 valence electrons. The summed E-state index contributed by atoms with van der Waals surface area (Å²) in [6.07, 6.45) is 0.0266. The van der Waals surface area contributed by atoms with Crippen LogP contribution in [0.15, 0.2) is 42.7 Å². The minimum Gasteiger partial charge on any atom is -0.336 e. The Morgan fingerprint density at radius 2 is 1.72 bits per heavy atom. The van der Waals surface area contributed by atoms with E-state index in [9.17, 15) is 22.8 Å². The van der Waals surface area contributed by atoms with Gasteiger partial charge in [-0.25, -0.2) is 0 Å². The number of hydrogen-bond donors (Lipinski definition) is 0. The van der Waals surface area contributed by atoms with Crippen LogP contribution in [-0.2, 0) is 11.0 Å². The smallest absolute Gasteiger partial charge is 0.336 e. The monoisotopic (exact) mass is 558 g/mol. The van der Waals surface area contributed by atoms with Gasteiger partial charge in [-0.3, -0.25) is 24.4 Å². The fraction of sp³-hybridized carbons (Fsp3) is 0.444. The zero-order valence-corrected chi connectivity index (χ0v) is 22.6. The van der Waals surface area contributed by atoms with Gasteiger partial charge in [-0.2, -0.15) is 18.4 Å². The molecule has 0 radical (unpaired) electrons. The molecule has 12 heteroatoms. The number of alkyl halides is 3. The fourth-order valence-electron chi connectivity index (χ4n) is 4.90. The number of carbonyl (C=O) groups excluding carboxylic acids is 2. The van der Waals surface area contributed by atoms with Crippen LogP contribution in [0.4, 0.5) is 18.9 Å². The van der Waals surface area contributed by atoms with Gasteiger partial charge in [0, 0.05) is 50.7 Å². The second kappa shape index (κ2) is 11.3. The highest BCUT2D eigenvalue weighted by molar-refractivity contribution is 7.80. The number of piperazine rings is 1. The van der Waals surface area contributed by atoms with Gasteiger partial charge >= 0.3 is 6.18 Å². The van der Waals surface area contributed by atoms with Crippen LogP contribution in [0.2, 0.25) is 0 Å². The maximum Gasteiger partial charge on any atom is 0.417 e. The van der Waals surface area contributed by atoms with Crippen LogP contribution in [0.1, 0.15) is 48.2 Å². The third kappa shape index (κ3) is 5.89. The number of rotatable bonds is 7. The van der Waals surface area contributed by atoms with Crippen LogP contribution in [-0.4, -0.2) is 81.4 Å². The first-order valence-electron chi connectivity index (χ1n) is 12.6. The van der Waals surface area contributed by atoms with E-state index in [1.165, 1.54) is 6.07 Å². The van der Waals surface area contributed by atoms with Crippen molar-refractivity contribution in [2.45, 2.75) is 38.4 Å². The molecule has 0 aliphatic carbocycles. The molecule has 2 aliphatic rings. The minimum atomic E-state index is -4.74. The zero-order valence-electron chi connectivity index (χ0n) is 21.7. The maximum atomic E-state index is 13.5. The Morgan fingerprint density at radius 1 is 1.08 bits per heavy atom. The molecule has 1 aromatic carbocycles. The molecule has 2 aromatic rings. The number of halogens is 3. The Bertz CT molecular complexity index is 1290. The number of pyridine rings is 1. The van der Waals surface area contributed by atoms with Crippen LogP contribution in [0.5, 0.6) is 0 Å². The Kier molecular flexibility index (Phi) is 8.23. The molecule has 0 spiro atoms. The fourth-order valence-corrected chi connectivity index (χ4v) is 5.41. The Balaban J connectivity index is 1.32. The summed E-state index contributed by atoms with van der Waals surface area (Å²) in [5.74, 6) is -0.416. The summed E-state index contributed by atoms with van der Waals surface area (Å²) in [6.45, 7) is 7.49. The number of nitrogens with zero attached hydrogens (tertiary/aromatic N) is 6. The lowest BCUT2D eigenvalue weighted by Crippen LogP contribution is -2.49. The maximum absolute atomic E-state index is 13.5. The van der Waals surface area contributed by atoms with Crippen molar-refractivity contribution in [2.24, 2.45) is 0 Å². The Morgan fingerprint density at radius 3 is 2.33 bits per heavy atom. The Hall–Kier alpha value is -3.56. The molecule has 0 saturated carbocycles. The topological polar surface area (TPSA) is 83.8 Å². The highest BCUT2D eigenvalue weighted by Crippen LogP contribution is 2.38. The lowest BCUT2D eigenvalue weighted by Gasteiger charge is -2.35. The SMILES string of the molecule is CC1(C)C(=O)N(c2ccc(C#N)c(C(F)(F)F)c2)C(=S)N1CCCCN1CCN(C(=O)c2ccncc2)CC1. The largest absolute Gasteiger partial charge is 0.417 e.